The molecule has 0 saturated heterocycles. The van der Waals surface area contributed by atoms with E-state index in [1.54, 1.807) is 11.8 Å². The Kier molecular flexibility index (Phi) is 8.29. The summed E-state index contributed by atoms with van der Waals surface area (Å²) in [5.41, 5.74) is 0. The van der Waals surface area contributed by atoms with Crippen molar-refractivity contribution in [3.05, 3.63) is 11.0 Å². The van der Waals surface area contributed by atoms with E-state index in [-0.39, 0.29) is 0 Å². The molecule has 0 amide bonds. The van der Waals surface area contributed by atoms with Crippen LogP contribution in [-0.2, 0) is 4.79 Å². The summed E-state index contributed by atoms with van der Waals surface area (Å²) < 4.78 is 0. The zero-order valence-corrected chi connectivity index (χ0v) is 8.63. The van der Waals surface area contributed by atoms with Gasteiger partial charge in [0.2, 0.25) is 0 Å². The largest absolute Gasteiger partial charge is 0.297 e. The normalized spacial score (nSPS) is 11.6. The summed E-state index contributed by atoms with van der Waals surface area (Å²) >= 11 is 3.44. The Morgan fingerprint density at radius 3 is 2.55 bits per heavy atom. The van der Waals surface area contributed by atoms with Gasteiger partial charge in [-0.05, 0) is 11.5 Å². The summed E-state index contributed by atoms with van der Waals surface area (Å²) in [6.45, 7) is 4.17. The van der Waals surface area contributed by atoms with Crippen LogP contribution in [0.1, 0.15) is 13.8 Å². The molecule has 0 aromatic rings. The molecular formula is C8H14OS2. The average Bonchev–Trinajstić information content (AvgIpc) is 2.03. The first-order valence-electron chi connectivity index (χ1n) is 3.71. The van der Waals surface area contributed by atoms with E-state index in [1.807, 2.05) is 17.8 Å². The number of thioether (sulfide) groups is 2. The van der Waals surface area contributed by atoms with Gasteiger partial charge in [-0.1, -0.05) is 19.9 Å². The van der Waals surface area contributed by atoms with Gasteiger partial charge in [-0.3, -0.25) is 4.79 Å². The molecule has 0 aliphatic heterocycles. The lowest BCUT2D eigenvalue weighted by molar-refractivity contribution is -0.104. The molecule has 0 saturated carbocycles. The Morgan fingerprint density at radius 2 is 2.09 bits per heavy atom. The topological polar surface area (TPSA) is 17.1 Å². The molecule has 0 atom stereocenters. The van der Waals surface area contributed by atoms with E-state index in [9.17, 15) is 4.79 Å². The highest BCUT2D eigenvalue weighted by Crippen LogP contribution is 2.13. The quantitative estimate of drug-likeness (QED) is 0.364. The third-order valence-electron chi connectivity index (χ3n) is 1.03. The van der Waals surface area contributed by atoms with Gasteiger partial charge in [0.25, 0.3) is 0 Å². The van der Waals surface area contributed by atoms with Crippen molar-refractivity contribution in [3.63, 3.8) is 0 Å². The van der Waals surface area contributed by atoms with Crippen LogP contribution in [0.4, 0.5) is 0 Å². The zero-order valence-electron chi connectivity index (χ0n) is 7.00. The fourth-order valence-corrected chi connectivity index (χ4v) is 1.81. The van der Waals surface area contributed by atoms with E-state index in [2.05, 4.69) is 13.8 Å². The minimum atomic E-state index is 0.869. The van der Waals surface area contributed by atoms with Crippen LogP contribution in [-0.4, -0.2) is 23.5 Å². The molecule has 0 aromatic heterocycles. The second kappa shape index (κ2) is 8.21. The average molecular weight is 190 g/mol. The maximum absolute atomic E-state index is 10.4. The first-order valence-corrected chi connectivity index (χ1v) is 5.85. The van der Waals surface area contributed by atoms with Crippen LogP contribution in [0, 0.1) is 0 Å². The minimum absolute atomic E-state index is 0.869. The Labute approximate surface area is 77.0 Å². The molecule has 0 rings (SSSR count). The second-order valence-corrected chi connectivity index (χ2v) is 4.47. The smallest absolute Gasteiger partial charge is 0.156 e. The van der Waals surface area contributed by atoms with Gasteiger partial charge in [-0.15, -0.1) is 11.8 Å². The summed E-state index contributed by atoms with van der Waals surface area (Å²) in [6.07, 6.45) is 2.93. The van der Waals surface area contributed by atoms with E-state index in [1.165, 1.54) is 0 Å². The molecule has 0 aromatic carbocycles. The molecular weight excluding hydrogens is 176 g/mol. The first-order chi connectivity index (χ1) is 5.35. The van der Waals surface area contributed by atoms with Crippen molar-refractivity contribution in [3.8, 4) is 0 Å². The maximum atomic E-state index is 10.4. The molecule has 11 heavy (non-hydrogen) atoms. The van der Waals surface area contributed by atoms with Gasteiger partial charge in [-0.25, -0.2) is 0 Å². The fraction of sp³-hybridized carbons (Fsp3) is 0.625. The van der Waals surface area contributed by atoms with Crippen LogP contribution in [0.3, 0.4) is 0 Å². The van der Waals surface area contributed by atoms with Gasteiger partial charge in [0.1, 0.15) is 0 Å². The van der Waals surface area contributed by atoms with Crippen molar-refractivity contribution in [2.75, 3.05) is 17.3 Å². The highest BCUT2D eigenvalue weighted by molar-refractivity contribution is 8.04. The van der Waals surface area contributed by atoms with Gasteiger partial charge in [-0.2, -0.15) is 11.8 Å². The van der Waals surface area contributed by atoms with Crippen molar-refractivity contribution >= 4 is 29.8 Å². The fourth-order valence-electron chi connectivity index (χ4n) is 0.567. The van der Waals surface area contributed by atoms with Crippen molar-refractivity contribution < 1.29 is 4.79 Å². The van der Waals surface area contributed by atoms with Gasteiger partial charge in [0.05, 0.1) is 0 Å². The van der Waals surface area contributed by atoms with Crippen molar-refractivity contribution in [2.24, 2.45) is 0 Å². The molecule has 0 radical (unpaired) electrons. The molecule has 0 aliphatic rings. The highest BCUT2D eigenvalue weighted by atomic mass is 32.2. The molecule has 0 aliphatic carbocycles. The monoisotopic (exact) mass is 190 g/mol. The first kappa shape index (κ1) is 11.1. The molecule has 0 bridgehead atoms. The van der Waals surface area contributed by atoms with Gasteiger partial charge in [0.15, 0.2) is 6.29 Å². The molecule has 0 heterocycles. The summed E-state index contributed by atoms with van der Waals surface area (Å²) in [5, 5.41) is 0. The summed E-state index contributed by atoms with van der Waals surface area (Å²) in [5.74, 6) is 3.04. The van der Waals surface area contributed by atoms with E-state index in [0.29, 0.717) is 0 Å². The number of carbonyl (C=O) groups is 1. The van der Waals surface area contributed by atoms with Gasteiger partial charge < -0.3 is 0 Å². The molecule has 1 nitrogen and oxygen atoms in total. The van der Waals surface area contributed by atoms with E-state index in [4.69, 9.17) is 0 Å². The summed E-state index contributed by atoms with van der Waals surface area (Å²) in [7, 11) is 0. The predicted octanol–water partition coefficient (Wildman–Crippen LogP) is 2.58. The van der Waals surface area contributed by atoms with Crippen LogP contribution in [0.15, 0.2) is 11.0 Å². The van der Waals surface area contributed by atoms with Crippen LogP contribution in [0.5, 0.6) is 0 Å². The van der Waals surface area contributed by atoms with Crippen molar-refractivity contribution in [1.82, 2.24) is 0 Å². The molecule has 0 fully saturated rings. The van der Waals surface area contributed by atoms with Crippen molar-refractivity contribution in [1.29, 1.82) is 0 Å². The SMILES string of the molecule is CCSC/C=C(\C=O)SCC. The molecule has 0 spiro atoms. The molecule has 64 valence electrons. The van der Waals surface area contributed by atoms with E-state index >= 15 is 0 Å². The van der Waals surface area contributed by atoms with E-state index < -0.39 is 0 Å². The molecule has 0 unspecified atom stereocenters. The van der Waals surface area contributed by atoms with Gasteiger partial charge >= 0.3 is 0 Å². The zero-order chi connectivity index (χ0) is 8.53. The standard InChI is InChI=1S/C8H14OS2/c1-3-10-6-5-8(7-9)11-4-2/h5,7H,3-4,6H2,1-2H3/b8-5+. The number of hydrogen-bond donors (Lipinski definition) is 0. The number of aldehydes is 1. The van der Waals surface area contributed by atoms with E-state index in [0.717, 1.165) is 28.4 Å². The summed E-state index contributed by atoms with van der Waals surface area (Å²) in [6, 6.07) is 0. The van der Waals surface area contributed by atoms with Crippen molar-refractivity contribution in [2.45, 2.75) is 13.8 Å². The number of rotatable bonds is 6. The lowest BCUT2D eigenvalue weighted by Gasteiger charge is -1.95. The molecule has 3 heteroatoms. The summed E-state index contributed by atoms with van der Waals surface area (Å²) in [4.78, 5) is 11.3. The Balaban J connectivity index is 3.61. The molecule has 0 N–H and O–H groups in total. The predicted molar refractivity (Wildman–Crippen MR) is 55.3 cm³/mol. The van der Waals surface area contributed by atoms with Crippen LogP contribution >= 0.6 is 23.5 Å². The highest BCUT2D eigenvalue weighted by Gasteiger charge is 1.91. The number of allylic oxidation sites excluding steroid dienone is 1. The maximum Gasteiger partial charge on any atom is 0.156 e. The Morgan fingerprint density at radius 1 is 1.36 bits per heavy atom. The van der Waals surface area contributed by atoms with Crippen LogP contribution in [0.2, 0.25) is 0 Å². The van der Waals surface area contributed by atoms with Crippen LogP contribution < -0.4 is 0 Å². The third-order valence-corrected chi connectivity index (χ3v) is 2.73. The number of hydrogen-bond acceptors (Lipinski definition) is 3. The van der Waals surface area contributed by atoms with Gasteiger partial charge in [0, 0.05) is 10.7 Å². The lowest BCUT2D eigenvalue weighted by atomic mass is 10.6. The lowest BCUT2D eigenvalue weighted by Crippen LogP contribution is -1.82. The minimum Gasteiger partial charge on any atom is -0.297 e. The Hall–Kier alpha value is 0.110. The second-order valence-electron chi connectivity index (χ2n) is 1.82. The Bertz CT molecular complexity index is 132. The van der Waals surface area contributed by atoms with Crippen LogP contribution in [0.25, 0.3) is 0 Å². The number of carbonyl (C=O) groups excluding carboxylic acids is 1. The third kappa shape index (κ3) is 6.51.